The van der Waals surface area contributed by atoms with Gasteiger partial charge in [-0.3, -0.25) is 4.79 Å². The topological polar surface area (TPSA) is 50.8 Å². The molecule has 0 radical (unpaired) electrons. The minimum atomic E-state index is 0. The van der Waals surface area contributed by atoms with Crippen molar-refractivity contribution >= 4 is 30.1 Å². The second-order valence-corrected chi connectivity index (χ2v) is 6.77. The number of nitrogens with zero attached hydrogens (tertiary/aromatic N) is 1. The molecular weight excluding hydrogens is 348 g/mol. The molecule has 1 N–H and O–H groups in total. The van der Waals surface area contributed by atoms with Crippen molar-refractivity contribution in [3.8, 4) is 11.5 Å². The first-order valence-electron chi connectivity index (χ1n) is 7.76. The summed E-state index contributed by atoms with van der Waals surface area (Å²) in [5, 5.41) is 3.23. The van der Waals surface area contributed by atoms with Gasteiger partial charge in [-0.1, -0.05) is 6.92 Å². The first kappa shape index (κ1) is 20.9. The van der Waals surface area contributed by atoms with Gasteiger partial charge < -0.3 is 19.7 Å². The van der Waals surface area contributed by atoms with E-state index in [0.717, 1.165) is 23.5 Å². The van der Waals surface area contributed by atoms with Crippen LogP contribution >= 0.6 is 24.2 Å². The summed E-state index contributed by atoms with van der Waals surface area (Å²) in [6.07, 6.45) is 2.02. The molecule has 0 saturated carbocycles. The smallest absolute Gasteiger partial charge is 0.225 e. The van der Waals surface area contributed by atoms with E-state index in [4.69, 9.17) is 9.47 Å². The Kier molecular flexibility index (Phi) is 8.19. The van der Waals surface area contributed by atoms with Gasteiger partial charge in [-0.2, -0.15) is 0 Å². The first-order chi connectivity index (χ1) is 11.0. The zero-order valence-electron chi connectivity index (χ0n) is 14.9. The maximum atomic E-state index is 12.6. The number of carbonyl (C=O) groups is 1. The van der Waals surface area contributed by atoms with Crippen LogP contribution < -0.4 is 14.8 Å². The normalized spacial score (nSPS) is 15.0. The highest BCUT2D eigenvalue weighted by molar-refractivity contribution is 7.98. The molecule has 2 rings (SSSR count). The van der Waals surface area contributed by atoms with Crippen molar-refractivity contribution in [3.63, 3.8) is 0 Å². The Bertz CT molecular complexity index is 567. The van der Waals surface area contributed by atoms with Crippen LogP contribution in [0.25, 0.3) is 0 Å². The van der Waals surface area contributed by atoms with Gasteiger partial charge >= 0.3 is 0 Å². The Morgan fingerprint density at radius 2 is 1.92 bits per heavy atom. The van der Waals surface area contributed by atoms with Crippen LogP contribution in [0.4, 0.5) is 0 Å². The van der Waals surface area contributed by atoms with Crippen LogP contribution in [0.15, 0.2) is 17.0 Å². The molecule has 1 atom stereocenters. The van der Waals surface area contributed by atoms with E-state index in [2.05, 4.69) is 5.32 Å². The number of carbonyl (C=O) groups excluding carboxylic acids is 1. The average molecular weight is 375 g/mol. The fourth-order valence-corrected chi connectivity index (χ4v) is 3.37. The summed E-state index contributed by atoms with van der Waals surface area (Å²) in [4.78, 5) is 15.5. The fraction of sp³-hybridized carbons (Fsp3) is 0.588. The van der Waals surface area contributed by atoms with E-state index in [1.165, 1.54) is 0 Å². The Balaban J connectivity index is 0.00000288. The molecule has 0 aliphatic carbocycles. The molecule has 0 aromatic heterocycles. The van der Waals surface area contributed by atoms with Gasteiger partial charge in [0.1, 0.15) is 0 Å². The number of hydrogen-bond acceptors (Lipinski definition) is 5. The predicted molar refractivity (Wildman–Crippen MR) is 101 cm³/mol. The van der Waals surface area contributed by atoms with E-state index >= 15 is 0 Å². The molecule has 1 unspecified atom stereocenters. The maximum absolute atomic E-state index is 12.6. The third kappa shape index (κ3) is 4.49. The molecule has 1 aromatic rings. The van der Waals surface area contributed by atoms with Crippen LogP contribution in [0.1, 0.15) is 12.5 Å². The monoisotopic (exact) mass is 374 g/mol. The molecule has 136 valence electrons. The van der Waals surface area contributed by atoms with Crippen molar-refractivity contribution in [3.05, 3.63) is 17.7 Å². The molecule has 0 bridgehead atoms. The van der Waals surface area contributed by atoms with E-state index in [-0.39, 0.29) is 24.2 Å². The Labute approximate surface area is 154 Å². The minimum Gasteiger partial charge on any atom is -0.493 e. The summed E-state index contributed by atoms with van der Waals surface area (Å²) in [5.74, 6) is 2.11. The lowest BCUT2D eigenvalue weighted by Crippen LogP contribution is -2.49. The Morgan fingerprint density at radius 3 is 2.38 bits per heavy atom. The Hall–Kier alpha value is -1.11. The van der Waals surface area contributed by atoms with Crippen molar-refractivity contribution in [2.24, 2.45) is 11.8 Å². The number of methoxy groups -OCH3 is 2. The number of nitrogens with one attached hydrogen (secondary N) is 1. The van der Waals surface area contributed by atoms with Gasteiger partial charge in [0.25, 0.3) is 0 Å². The van der Waals surface area contributed by atoms with Crippen LogP contribution in [0.3, 0.4) is 0 Å². The van der Waals surface area contributed by atoms with Crippen LogP contribution in [-0.4, -0.2) is 51.4 Å². The van der Waals surface area contributed by atoms with Crippen LogP contribution in [0, 0.1) is 11.8 Å². The van der Waals surface area contributed by atoms with Gasteiger partial charge in [0.05, 0.1) is 14.2 Å². The number of benzene rings is 1. The molecule has 1 heterocycles. The highest BCUT2D eigenvalue weighted by Crippen LogP contribution is 2.35. The molecule has 1 aromatic carbocycles. The summed E-state index contributed by atoms with van der Waals surface area (Å²) in [5.41, 5.74) is 1.07. The zero-order valence-corrected chi connectivity index (χ0v) is 16.6. The summed E-state index contributed by atoms with van der Waals surface area (Å²) < 4.78 is 10.7. The van der Waals surface area contributed by atoms with E-state index in [0.29, 0.717) is 24.0 Å². The van der Waals surface area contributed by atoms with E-state index in [9.17, 15) is 4.79 Å². The molecule has 1 amide bonds. The predicted octanol–water partition coefficient (Wildman–Crippen LogP) is 2.66. The minimum absolute atomic E-state index is 0. The van der Waals surface area contributed by atoms with E-state index in [1.807, 2.05) is 37.3 Å². The molecule has 1 saturated heterocycles. The molecule has 24 heavy (non-hydrogen) atoms. The van der Waals surface area contributed by atoms with Crippen molar-refractivity contribution in [2.75, 3.05) is 40.6 Å². The second-order valence-electron chi connectivity index (χ2n) is 5.92. The molecule has 5 nitrogen and oxygen atoms in total. The first-order valence-corrected chi connectivity index (χ1v) is 8.98. The second kappa shape index (κ2) is 9.39. The summed E-state index contributed by atoms with van der Waals surface area (Å²) >= 11 is 1.64. The SMILES string of the molecule is COc1cc(CN(C)C(=O)C(C)C2CNC2)c(SC)cc1OC.Cl. The van der Waals surface area contributed by atoms with Gasteiger partial charge in [-0.05, 0) is 43.0 Å². The largest absolute Gasteiger partial charge is 0.493 e. The number of hydrogen-bond donors (Lipinski definition) is 1. The molecule has 1 fully saturated rings. The van der Waals surface area contributed by atoms with E-state index in [1.54, 1.807) is 26.0 Å². The lowest BCUT2D eigenvalue weighted by Gasteiger charge is -2.34. The summed E-state index contributed by atoms with van der Waals surface area (Å²) in [7, 11) is 5.12. The van der Waals surface area contributed by atoms with Gasteiger partial charge in [-0.25, -0.2) is 0 Å². The van der Waals surface area contributed by atoms with Gasteiger partial charge in [0, 0.05) is 24.4 Å². The molecule has 7 heteroatoms. The molecule has 0 spiro atoms. The van der Waals surface area contributed by atoms with Crippen molar-refractivity contribution in [2.45, 2.75) is 18.4 Å². The highest BCUT2D eigenvalue weighted by Gasteiger charge is 2.30. The number of halogens is 1. The molecule has 1 aliphatic heterocycles. The molecular formula is C17H27ClN2O3S. The fourth-order valence-electron chi connectivity index (χ4n) is 2.76. The third-order valence-corrected chi connectivity index (χ3v) is 5.30. The van der Waals surface area contributed by atoms with Crippen LogP contribution in [0.2, 0.25) is 0 Å². The standard InChI is InChI=1S/C17H26N2O3S.ClH/c1-11(13-8-18-9-13)17(20)19(2)10-12-6-14(21-3)15(22-4)7-16(12)23-5;/h6-7,11,13,18H,8-10H2,1-5H3;1H. The lowest BCUT2D eigenvalue weighted by atomic mass is 9.88. The Morgan fingerprint density at radius 1 is 1.33 bits per heavy atom. The molecule has 1 aliphatic rings. The quantitative estimate of drug-likeness (QED) is 0.743. The third-order valence-electron chi connectivity index (χ3n) is 4.48. The summed E-state index contributed by atoms with van der Waals surface area (Å²) in [6, 6.07) is 3.93. The van der Waals surface area contributed by atoms with Crippen molar-refractivity contribution < 1.29 is 14.3 Å². The van der Waals surface area contributed by atoms with Crippen molar-refractivity contribution in [1.82, 2.24) is 10.2 Å². The maximum Gasteiger partial charge on any atom is 0.225 e. The highest BCUT2D eigenvalue weighted by atomic mass is 35.5. The number of amides is 1. The van der Waals surface area contributed by atoms with Crippen LogP contribution in [-0.2, 0) is 11.3 Å². The van der Waals surface area contributed by atoms with Crippen LogP contribution in [0.5, 0.6) is 11.5 Å². The van der Waals surface area contributed by atoms with Gasteiger partial charge in [-0.15, -0.1) is 24.2 Å². The lowest BCUT2D eigenvalue weighted by molar-refractivity contribution is -0.136. The average Bonchev–Trinajstić information content (AvgIpc) is 2.51. The van der Waals surface area contributed by atoms with E-state index < -0.39 is 0 Å². The number of rotatable bonds is 7. The van der Waals surface area contributed by atoms with Gasteiger partial charge in [0.2, 0.25) is 5.91 Å². The number of thioether (sulfide) groups is 1. The summed E-state index contributed by atoms with van der Waals surface area (Å²) in [6.45, 7) is 4.47. The van der Waals surface area contributed by atoms with Gasteiger partial charge in [0.15, 0.2) is 11.5 Å². The number of ether oxygens (including phenoxy) is 2. The zero-order chi connectivity index (χ0) is 17.0. The van der Waals surface area contributed by atoms with Crippen molar-refractivity contribution in [1.29, 1.82) is 0 Å².